The van der Waals surface area contributed by atoms with Gasteiger partial charge in [-0.15, -0.1) is 0 Å². The number of hydrogen-bond donors (Lipinski definition) is 0. The maximum atomic E-state index is 12.0. The third-order valence-electron chi connectivity index (χ3n) is 3.42. The molecule has 0 aromatic rings. The van der Waals surface area contributed by atoms with Crippen molar-refractivity contribution in [2.24, 2.45) is 0 Å². The lowest BCUT2D eigenvalue weighted by atomic mass is 9.90. The molecule has 82 valence electrons. The topological polar surface area (TPSA) is 17.1 Å². The summed E-state index contributed by atoms with van der Waals surface area (Å²) in [4.78, 5) is 12.0. The van der Waals surface area contributed by atoms with Gasteiger partial charge < -0.3 is 0 Å². The van der Waals surface area contributed by atoms with Crippen LogP contribution in [0.15, 0.2) is 23.3 Å². The predicted octanol–water partition coefficient (Wildman–Crippen LogP) is 3.95. The quantitative estimate of drug-likeness (QED) is 0.636. The average Bonchev–Trinajstić information content (AvgIpc) is 2.31. The summed E-state index contributed by atoms with van der Waals surface area (Å²) in [5, 5.41) is 0. The fourth-order valence-corrected chi connectivity index (χ4v) is 2.48. The van der Waals surface area contributed by atoms with Crippen molar-refractivity contribution in [1.29, 1.82) is 0 Å². The Balaban J connectivity index is 1.90. The molecule has 0 aromatic carbocycles. The summed E-state index contributed by atoms with van der Waals surface area (Å²) < 4.78 is 0. The SMILES string of the molecule is O=C(CC1=CCCCC1)C1=CCCCC1. The third-order valence-corrected chi connectivity index (χ3v) is 3.42. The average molecular weight is 204 g/mol. The molecule has 0 heterocycles. The minimum Gasteiger partial charge on any atom is -0.294 e. The van der Waals surface area contributed by atoms with E-state index in [9.17, 15) is 4.79 Å². The largest absolute Gasteiger partial charge is 0.294 e. The molecule has 0 unspecified atom stereocenters. The monoisotopic (exact) mass is 204 g/mol. The van der Waals surface area contributed by atoms with Crippen molar-refractivity contribution in [3.05, 3.63) is 23.3 Å². The van der Waals surface area contributed by atoms with Crippen LogP contribution in [-0.4, -0.2) is 5.78 Å². The van der Waals surface area contributed by atoms with Crippen LogP contribution in [-0.2, 0) is 4.79 Å². The van der Waals surface area contributed by atoms with Gasteiger partial charge in [-0.1, -0.05) is 17.7 Å². The van der Waals surface area contributed by atoms with Gasteiger partial charge in [-0.2, -0.15) is 0 Å². The maximum Gasteiger partial charge on any atom is 0.162 e. The summed E-state index contributed by atoms with van der Waals surface area (Å²) in [7, 11) is 0. The van der Waals surface area contributed by atoms with Crippen LogP contribution in [0.2, 0.25) is 0 Å². The van der Waals surface area contributed by atoms with Crippen LogP contribution in [0.25, 0.3) is 0 Å². The van der Waals surface area contributed by atoms with E-state index in [1.54, 1.807) is 0 Å². The van der Waals surface area contributed by atoms with E-state index in [0.29, 0.717) is 12.2 Å². The lowest BCUT2D eigenvalue weighted by molar-refractivity contribution is -0.115. The Morgan fingerprint density at radius 1 is 1.00 bits per heavy atom. The summed E-state index contributed by atoms with van der Waals surface area (Å²) in [6.45, 7) is 0. The first-order valence-corrected chi connectivity index (χ1v) is 6.26. The van der Waals surface area contributed by atoms with Crippen LogP contribution in [0.4, 0.5) is 0 Å². The van der Waals surface area contributed by atoms with Crippen molar-refractivity contribution in [3.8, 4) is 0 Å². The molecule has 0 amide bonds. The number of rotatable bonds is 3. The van der Waals surface area contributed by atoms with Crippen molar-refractivity contribution < 1.29 is 4.79 Å². The van der Waals surface area contributed by atoms with E-state index in [-0.39, 0.29) is 0 Å². The van der Waals surface area contributed by atoms with Crippen LogP contribution >= 0.6 is 0 Å². The van der Waals surface area contributed by atoms with Gasteiger partial charge in [0, 0.05) is 6.42 Å². The fourth-order valence-electron chi connectivity index (χ4n) is 2.48. The second-order valence-electron chi connectivity index (χ2n) is 4.68. The number of ketones is 1. The first-order valence-electron chi connectivity index (χ1n) is 6.26. The fraction of sp³-hybridized carbons (Fsp3) is 0.643. The van der Waals surface area contributed by atoms with Gasteiger partial charge in [0.05, 0.1) is 0 Å². The van der Waals surface area contributed by atoms with Crippen molar-refractivity contribution in [2.45, 2.75) is 57.8 Å². The molecule has 0 bridgehead atoms. The number of carbonyl (C=O) groups excluding carboxylic acids is 1. The second kappa shape index (κ2) is 5.29. The number of hydrogen-bond acceptors (Lipinski definition) is 1. The summed E-state index contributed by atoms with van der Waals surface area (Å²) in [5.74, 6) is 0.392. The molecule has 0 N–H and O–H groups in total. The van der Waals surface area contributed by atoms with Crippen molar-refractivity contribution >= 4 is 5.78 Å². The van der Waals surface area contributed by atoms with Crippen LogP contribution in [0.5, 0.6) is 0 Å². The minimum absolute atomic E-state index is 0.392. The Kier molecular flexibility index (Phi) is 3.76. The van der Waals surface area contributed by atoms with E-state index in [1.165, 1.54) is 37.7 Å². The van der Waals surface area contributed by atoms with Crippen LogP contribution in [0.3, 0.4) is 0 Å². The summed E-state index contributed by atoms with van der Waals surface area (Å²) >= 11 is 0. The number of carbonyl (C=O) groups is 1. The van der Waals surface area contributed by atoms with E-state index in [0.717, 1.165) is 24.8 Å². The molecular weight excluding hydrogens is 184 g/mol. The van der Waals surface area contributed by atoms with E-state index in [4.69, 9.17) is 0 Å². The van der Waals surface area contributed by atoms with E-state index < -0.39 is 0 Å². The molecule has 1 heteroatoms. The molecule has 0 atom stereocenters. The molecule has 2 rings (SSSR count). The summed E-state index contributed by atoms with van der Waals surface area (Å²) in [6, 6.07) is 0. The number of allylic oxidation sites excluding steroid dienone is 4. The molecule has 1 nitrogen and oxygen atoms in total. The number of Topliss-reactive ketones (excluding diaryl/α,β-unsaturated/α-hetero) is 1. The summed E-state index contributed by atoms with van der Waals surface area (Å²) in [5.41, 5.74) is 2.49. The highest BCUT2D eigenvalue weighted by Gasteiger charge is 2.14. The Labute approximate surface area is 92.3 Å². The highest BCUT2D eigenvalue weighted by molar-refractivity contribution is 5.96. The van der Waals surface area contributed by atoms with Gasteiger partial charge >= 0.3 is 0 Å². The van der Waals surface area contributed by atoms with Gasteiger partial charge in [-0.05, 0) is 56.9 Å². The van der Waals surface area contributed by atoms with Crippen molar-refractivity contribution in [3.63, 3.8) is 0 Å². The maximum absolute atomic E-state index is 12.0. The smallest absolute Gasteiger partial charge is 0.162 e. The lowest BCUT2D eigenvalue weighted by Gasteiger charge is -2.15. The second-order valence-corrected chi connectivity index (χ2v) is 4.68. The first-order chi connectivity index (χ1) is 7.36. The minimum atomic E-state index is 0.392. The van der Waals surface area contributed by atoms with Crippen molar-refractivity contribution in [2.75, 3.05) is 0 Å². The molecule has 0 spiro atoms. The van der Waals surface area contributed by atoms with Gasteiger partial charge in [0.25, 0.3) is 0 Å². The van der Waals surface area contributed by atoms with Gasteiger partial charge in [0.1, 0.15) is 0 Å². The van der Waals surface area contributed by atoms with Crippen LogP contribution in [0, 0.1) is 0 Å². The molecule has 0 saturated heterocycles. The van der Waals surface area contributed by atoms with Gasteiger partial charge in [-0.25, -0.2) is 0 Å². The summed E-state index contributed by atoms with van der Waals surface area (Å²) in [6.07, 6.45) is 14.7. The van der Waals surface area contributed by atoms with Crippen LogP contribution in [0.1, 0.15) is 57.8 Å². The molecule has 0 saturated carbocycles. The first kappa shape index (κ1) is 10.7. The zero-order valence-corrected chi connectivity index (χ0v) is 9.43. The highest BCUT2D eigenvalue weighted by atomic mass is 16.1. The normalized spacial score (nSPS) is 21.9. The molecule has 2 aliphatic carbocycles. The van der Waals surface area contributed by atoms with E-state index >= 15 is 0 Å². The molecule has 0 fully saturated rings. The van der Waals surface area contributed by atoms with Gasteiger partial charge in [0.15, 0.2) is 5.78 Å². The lowest BCUT2D eigenvalue weighted by Crippen LogP contribution is -2.08. The molecule has 0 aliphatic heterocycles. The van der Waals surface area contributed by atoms with Crippen molar-refractivity contribution in [1.82, 2.24) is 0 Å². The molecule has 2 aliphatic rings. The Hall–Kier alpha value is -0.850. The Bertz CT molecular complexity index is 296. The van der Waals surface area contributed by atoms with Gasteiger partial charge in [0.2, 0.25) is 0 Å². The zero-order chi connectivity index (χ0) is 10.5. The molecule has 15 heavy (non-hydrogen) atoms. The van der Waals surface area contributed by atoms with E-state index in [1.807, 2.05) is 0 Å². The predicted molar refractivity (Wildman–Crippen MR) is 62.7 cm³/mol. The third kappa shape index (κ3) is 3.05. The molecular formula is C14H20O. The highest BCUT2D eigenvalue weighted by Crippen LogP contribution is 2.24. The van der Waals surface area contributed by atoms with Gasteiger partial charge in [-0.3, -0.25) is 4.79 Å². The molecule has 0 aromatic heterocycles. The standard InChI is InChI=1S/C14H20O/c15-14(13-9-5-2-6-10-13)11-12-7-3-1-4-8-12/h7,9H,1-6,8,10-11H2. The Morgan fingerprint density at radius 3 is 2.33 bits per heavy atom. The molecule has 0 radical (unpaired) electrons. The Morgan fingerprint density at radius 2 is 1.73 bits per heavy atom. The van der Waals surface area contributed by atoms with E-state index in [2.05, 4.69) is 12.2 Å². The zero-order valence-electron chi connectivity index (χ0n) is 9.43. The van der Waals surface area contributed by atoms with Crippen LogP contribution < -0.4 is 0 Å².